The monoisotopic (exact) mass is 266 g/mol. The number of nitrogens with two attached hydrogens (primary N) is 1. The normalized spacial score (nSPS) is 11.7. The molecule has 1 aromatic rings. The van der Waals surface area contributed by atoms with E-state index in [4.69, 9.17) is 5.73 Å². The Morgan fingerprint density at radius 1 is 1.26 bits per heavy atom. The van der Waals surface area contributed by atoms with Gasteiger partial charge in [0.2, 0.25) is 0 Å². The van der Waals surface area contributed by atoms with Crippen LogP contribution in [0.5, 0.6) is 0 Å². The highest BCUT2D eigenvalue weighted by molar-refractivity contribution is 5.47. The molecule has 0 atom stereocenters. The average molecular weight is 266 g/mol. The number of hydrogen-bond donors (Lipinski definition) is 3. The van der Waals surface area contributed by atoms with Gasteiger partial charge in [-0.3, -0.25) is 0 Å². The van der Waals surface area contributed by atoms with Crippen LogP contribution in [-0.4, -0.2) is 54.1 Å². The Morgan fingerprint density at radius 3 is 2.58 bits per heavy atom. The first kappa shape index (κ1) is 15.7. The quantitative estimate of drug-likeness (QED) is 0.609. The predicted molar refractivity (Wildman–Crippen MR) is 80.4 cm³/mol. The van der Waals surface area contributed by atoms with Gasteiger partial charge in [-0.1, -0.05) is 0 Å². The third-order valence-corrected chi connectivity index (χ3v) is 2.73. The maximum Gasteiger partial charge on any atom is 0.131 e. The number of aromatic nitrogens is 2. The highest BCUT2D eigenvalue weighted by Crippen LogP contribution is 2.14. The van der Waals surface area contributed by atoms with Crippen LogP contribution in [0, 0.1) is 0 Å². The first-order chi connectivity index (χ1) is 8.93. The lowest BCUT2D eigenvalue weighted by atomic mass is 10.1. The molecule has 0 aromatic carbocycles. The van der Waals surface area contributed by atoms with Crippen molar-refractivity contribution in [3.8, 4) is 0 Å². The summed E-state index contributed by atoms with van der Waals surface area (Å²) in [5, 5.41) is 6.59. The smallest absolute Gasteiger partial charge is 0.131 e. The van der Waals surface area contributed by atoms with E-state index >= 15 is 0 Å². The van der Waals surface area contributed by atoms with Gasteiger partial charge in [-0.25, -0.2) is 9.97 Å². The molecule has 0 saturated heterocycles. The summed E-state index contributed by atoms with van der Waals surface area (Å²) in [5.74, 6) is 1.63. The van der Waals surface area contributed by atoms with E-state index in [-0.39, 0.29) is 5.54 Å². The standard InChI is InChI=1S/C13H26N6/c1-13(2,9-14)18-12-8-11(16-10-17-12)15-6-5-7-19(3)4/h8,10H,5-7,9,14H2,1-4H3,(H2,15,16,17,18). The number of nitrogens with one attached hydrogen (secondary N) is 2. The van der Waals surface area contributed by atoms with E-state index in [1.165, 1.54) is 0 Å². The summed E-state index contributed by atoms with van der Waals surface area (Å²) in [6, 6.07) is 1.91. The fourth-order valence-electron chi connectivity index (χ4n) is 1.53. The second kappa shape index (κ2) is 7.25. The Kier molecular flexibility index (Phi) is 5.98. The van der Waals surface area contributed by atoms with Gasteiger partial charge >= 0.3 is 0 Å². The summed E-state index contributed by atoms with van der Waals surface area (Å²) in [5.41, 5.74) is 5.52. The van der Waals surface area contributed by atoms with Gasteiger partial charge in [0.15, 0.2) is 0 Å². The molecule has 0 aliphatic carbocycles. The number of anilines is 2. The Hall–Kier alpha value is -1.40. The van der Waals surface area contributed by atoms with Gasteiger partial charge in [0.1, 0.15) is 18.0 Å². The van der Waals surface area contributed by atoms with Crippen LogP contribution in [-0.2, 0) is 0 Å². The first-order valence-corrected chi connectivity index (χ1v) is 6.62. The molecule has 6 heteroatoms. The number of nitrogens with zero attached hydrogens (tertiary/aromatic N) is 3. The lowest BCUT2D eigenvalue weighted by Gasteiger charge is -2.24. The minimum Gasteiger partial charge on any atom is -0.370 e. The second-order valence-corrected chi connectivity index (χ2v) is 5.59. The number of rotatable bonds is 8. The summed E-state index contributed by atoms with van der Waals surface area (Å²) in [6.07, 6.45) is 2.64. The van der Waals surface area contributed by atoms with E-state index in [1.807, 2.05) is 19.9 Å². The van der Waals surface area contributed by atoms with Crippen molar-refractivity contribution in [1.82, 2.24) is 14.9 Å². The van der Waals surface area contributed by atoms with E-state index in [2.05, 4.69) is 39.6 Å². The molecular weight excluding hydrogens is 240 g/mol. The lowest BCUT2D eigenvalue weighted by molar-refractivity contribution is 0.405. The van der Waals surface area contributed by atoms with Crippen LogP contribution in [0.25, 0.3) is 0 Å². The van der Waals surface area contributed by atoms with Gasteiger partial charge in [0.05, 0.1) is 0 Å². The summed E-state index contributed by atoms with van der Waals surface area (Å²) in [6.45, 7) is 6.58. The highest BCUT2D eigenvalue weighted by Gasteiger charge is 2.15. The van der Waals surface area contributed by atoms with Crippen LogP contribution >= 0.6 is 0 Å². The maximum absolute atomic E-state index is 5.69. The van der Waals surface area contributed by atoms with Crippen molar-refractivity contribution in [3.05, 3.63) is 12.4 Å². The molecule has 0 aliphatic heterocycles. The zero-order chi connectivity index (χ0) is 14.3. The van der Waals surface area contributed by atoms with Crippen molar-refractivity contribution in [1.29, 1.82) is 0 Å². The fourth-order valence-corrected chi connectivity index (χ4v) is 1.53. The lowest BCUT2D eigenvalue weighted by Crippen LogP contribution is -2.39. The first-order valence-electron chi connectivity index (χ1n) is 6.62. The minimum absolute atomic E-state index is 0.170. The molecule has 0 saturated carbocycles. The Bertz CT molecular complexity index is 377. The highest BCUT2D eigenvalue weighted by atomic mass is 15.1. The van der Waals surface area contributed by atoms with Crippen molar-refractivity contribution >= 4 is 11.6 Å². The molecule has 19 heavy (non-hydrogen) atoms. The van der Waals surface area contributed by atoms with E-state index in [0.29, 0.717) is 6.54 Å². The van der Waals surface area contributed by atoms with Crippen LogP contribution < -0.4 is 16.4 Å². The van der Waals surface area contributed by atoms with Gasteiger partial charge in [0, 0.05) is 24.7 Å². The average Bonchev–Trinajstić information content (AvgIpc) is 2.34. The zero-order valence-electron chi connectivity index (χ0n) is 12.4. The van der Waals surface area contributed by atoms with Gasteiger partial charge in [0.25, 0.3) is 0 Å². The topological polar surface area (TPSA) is 79.1 Å². The maximum atomic E-state index is 5.69. The van der Waals surface area contributed by atoms with Crippen molar-refractivity contribution < 1.29 is 0 Å². The molecule has 108 valence electrons. The molecule has 0 radical (unpaired) electrons. The summed E-state index contributed by atoms with van der Waals surface area (Å²) < 4.78 is 0. The summed E-state index contributed by atoms with van der Waals surface area (Å²) in [7, 11) is 4.14. The molecule has 1 aromatic heterocycles. The summed E-state index contributed by atoms with van der Waals surface area (Å²) >= 11 is 0. The molecule has 0 fully saturated rings. The fraction of sp³-hybridized carbons (Fsp3) is 0.692. The molecule has 4 N–H and O–H groups in total. The van der Waals surface area contributed by atoms with Crippen molar-refractivity contribution in [2.24, 2.45) is 5.73 Å². The molecule has 6 nitrogen and oxygen atoms in total. The van der Waals surface area contributed by atoms with Gasteiger partial charge < -0.3 is 21.3 Å². The Labute approximate surface area is 115 Å². The van der Waals surface area contributed by atoms with Crippen molar-refractivity contribution in [2.45, 2.75) is 25.8 Å². The van der Waals surface area contributed by atoms with Crippen LogP contribution in [0.3, 0.4) is 0 Å². The zero-order valence-corrected chi connectivity index (χ0v) is 12.4. The van der Waals surface area contributed by atoms with Crippen LogP contribution in [0.15, 0.2) is 12.4 Å². The molecular formula is C13H26N6. The largest absolute Gasteiger partial charge is 0.370 e. The van der Waals surface area contributed by atoms with E-state index in [0.717, 1.165) is 31.1 Å². The van der Waals surface area contributed by atoms with Gasteiger partial charge in [-0.2, -0.15) is 0 Å². The van der Waals surface area contributed by atoms with Gasteiger partial charge in [-0.15, -0.1) is 0 Å². The van der Waals surface area contributed by atoms with Crippen molar-refractivity contribution in [2.75, 3.05) is 44.4 Å². The Morgan fingerprint density at radius 2 is 1.95 bits per heavy atom. The Balaban J connectivity index is 2.48. The van der Waals surface area contributed by atoms with E-state index in [1.54, 1.807) is 6.33 Å². The molecule has 0 bridgehead atoms. The molecule has 0 unspecified atom stereocenters. The number of hydrogen-bond acceptors (Lipinski definition) is 6. The molecule has 0 aliphatic rings. The van der Waals surface area contributed by atoms with E-state index in [9.17, 15) is 0 Å². The molecule has 0 spiro atoms. The van der Waals surface area contributed by atoms with E-state index < -0.39 is 0 Å². The van der Waals surface area contributed by atoms with Gasteiger partial charge in [-0.05, 0) is 40.9 Å². The SMILES string of the molecule is CN(C)CCCNc1cc(NC(C)(C)CN)ncn1. The predicted octanol–water partition coefficient (Wildman–Crippen LogP) is 0.989. The second-order valence-electron chi connectivity index (χ2n) is 5.59. The summed E-state index contributed by atoms with van der Waals surface area (Å²) in [4.78, 5) is 10.6. The third-order valence-electron chi connectivity index (χ3n) is 2.73. The molecule has 1 rings (SSSR count). The van der Waals surface area contributed by atoms with Crippen LogP contribution in [0.4, 0.5) is 11.6 Å². The minimum atomic E-state index is -0.170. The molecule has 0 amide bonds. The van der Waals surface area contributed by atoms with Crippen LogP contribution in [0.1, 0.15) is 20.3 Å². The van der Waals surface area contributed by atoms with Crippen LogP contribution in [0.2, 0.25) is 0 Å². The third kappa shape index (κ3) is 6.35. The molecule has 1 heterocycles. The van der Waals surface area contributed by atoms with Crippen molar-refractivity contribution in [3.63, 3.8) is 0 Å².